The van der Waals surface area contributed by atoms with E-state index in [-0.39, 0.29) is 23.1 Å². The first-order valence-corrected chi connectivity index (χ1v) is 23.2. The highest BCUT2D eigenvalue weighted by Gasteiger charge is 2.37. The van der Waals surface area contributed by atoms with Crippen molar-refractivity contribution < 1.29 is 18.5 Å². The Hall–Kier alpha value is -3.55. The minimum Gasteiger partial charge on any atom is -0.598 e. The van der Waals surface area contributed by atoms with E-state index >= 15 is 0 Å². The van der Waals surface area contributed by atoms with Crippen LogP contribution in [-0.2, 0) is 27.1 Å². The zero-order valence-corrected chi connectivity index (χ0v) is 36.1. The summed E-state index contributed by atoms with van der Waals surface area (Å²) in [4.78, 5) is 24.8. The maximum Gasteiger partial charge on any atom is 0.414 e. The third kappa shape index (κ3) is 10.00. The average Bonchev–Trinajstić information content (AvgIpc) is 3.53. The first-order chi connectivity index (χ1) is 25.2. The number of benzene rings is 1. The number of carbonyl (C=O) groups excluding carboxylic acids is 1. The molecule has 0 saturated heterocycles. The monoisotopic (exact) mass is 772 g/mol. The summed E-state index contributed by atoms with van der Waals surface area (Å²) in [6, 6.07) is 16.2. The Balaban J connectivity index is 1.58. The molecule has 4 aromatic rings. The van der Waals surface area contributed by atoms with Gasteiger partial charge in [0.05, 0.1) is 41.4 Å². The molecule has 292 valence electrons. The van der Waals surface area contributed by atoms with Crippen molar-refractivity contribution in [1.82, 2.24) is 29.4 Å². The zero-order valence-electron chi connectivity index (χ0n) is 34.3. The van der Waals surface area contributed by atoms with Crippen LogP contribution >= 0.6 is 0 Å². The lowest BCUT2D eigenvalue weighted by molar-refractivity contribution is 0.0324. The van der Waals surface area contributed by atoms with Crippen LogP contribution in [0.15, 0.2) is 67.0 Å². The predicted octanol–water partition coefficient (Wildman–Crippen LogP) is 10.1. The largest absolute Gasteiger partial charge is 0.598 e. The summed E-state index contributed by atoms with van der Waals surface area (Å²) in [5.74, 6) is 0.728. The average molecular weight is 773 g/mol. The van der Waals surface area contributed by atoms with Gasteiger partial charge < -0.3 is 13.7 Å². The van der Waals surface area contributed by atoms with Crippen LogP contribution in [0.4, 0.5) is 4.79 Å². The van der Waals surface area contributed by atoms with E-state index in [1.54, 1.807) is 4.90 Å². The lowest BCUT2D eigenvalue weighted by Crippen LogP contribution is -2.41. The fourth-order valence-electron chi connectivity index (χ4n) is 5.98. The molecule has 0 radical (unpaired) electrons. The fraction of sp³-hybridized carbons (Fsp3) is 0.524. The number of nitrogens with one attached hydrogen (secondary N) is 1. The summed E-state index contributed by atoms with van der Waals surface area (Å²) < 4.78 is 30.2. The Morgan fingerprint density at radius 1 is 1.04 bits per heavy atom. The normalized spacial score (nSPS) is 16.8. The summed E-state index contributed by atoms with van der Waals surface area (Å²) in [6.07, 6.45) is 7.92. The summed E-state index contributed by atoms with van der Waals surface area (Å²) in [6.45, 7) is 25.9. The number of carbonyl (C=O) groups is 1. The summed E-state index contributed by atoms with van der Waals surface area (Å²) >= 11 is -1.25. The van der Waals surface area contributed by atoms with E-state index < -0.39 is 30.0 Å². The molecule has 1 aliphatic heterocycles. The molecule has 1 amide bonds. The van der Waals surface area contributed by atoms with Crippen molar-refractivity contribution >= 4 is 36.7 Å². The zero-order chi connectivity index (χ0) is 39.6. The SMILES string of the molecule is CCC[C@H](N[S+]([O-])C(C)(C)C)c1cccc(-c2cc(C3C=CN(C(=O)OC(C)(C)C)CC3)c3cnn(-c4cccc(CO[Si](C)(C)C(C)(C)C)n4)c3c2)n1. The van der Waals surface area contributed by atoms with Crippen molar-refractivity contribution in [3.8, 4) is 17.1 Å². The van der Waals surface area contributed by atoms with Crippen LogP contribution in [0.3, 0.4) is 0 Å². The van der Waals surface area contributed by atoms with Crippen molar-refractivity contribution in [2.24, 2.45) is 0 Å². The number of hydrogen-bond acceptors (Lipinski definition) is 8. The third-order valence-electron chi connectivity index (χ3n) is 10.1. The van der Waals surface area contributed by atoms with Crippen molar-refractivity contribution in [3.05, 3.63) is 84.0 Å². The molecule has 1 aromatic carbocycles. The van der Waals surface area contributed by atoms with Gasteiger partial charge in [0.1, 0.15) is 10.3 Å². The molecule has 4 heterocycles. The van der Waals surface area contributed by atoms with Crippen LogP contribution in [0, 0.1) is 0 Å². The van der Waals surface area contributed by atoms with Crippen LogP contribution < -0.4 is 4.72 Å². The second-order valence-electron chi connectivity index (χ2n) is 17.8. The molecule has 3 atom stereocenters. The minimum absolute atomic E-state index is 0.0213. The smallest absolute Gasteiger partial charge is 0.414 e. The number of fused-ring (bicyclic) bond motifs is 1. The number of aromatic nitrogens is 4. The topological polar surface area (TPSA) is 117 Å². The van der Waals surface area contributed by atoms with Crippen molar-refractivity contribution in [3.63, 3.8) is 0 Å². The molecule has 0 aliphatic carbocycles. The molecule has 1 aliphatic rings. The van der Waals surface area contributed by atoms with Crippen LogP contribution in [0.5, 0.6) is 0 Å². The van der Waals surface area contributed by atoms with Gasteiger partial charge in [-0.25, -0.2) is 14.5 Å². The molecule has 2 unspecified atom stereocenters. The van der Waals surface area contributed by atoms with Crippen molar-refractivity contribution in [2.45, 2.75) is 136 Å². The van der Waals surface area contributed by atoms with E-state index in [4.69, 9.17) is 24.2 Å². The lowest BCUT2D eigenvalue weighted by atomic mass is 9.89. The van der Waals surface area contributed by atoms with Gasteiger partial charge >= 0.3 is 6.09 Å². The van der Waals surface area contributed by atoms with E-state index in [0.717, 1.165) is 52.0 Å². The maximum absolute atomic E-state index is 13.2. The van der Waals surface area contributed by atoms with Gasteiger partial charge in [-0.3, -0.25) is 9.88 Å². The second kappa shape index (κ2) is 16.3. The quantitative estimate of drug-likeness (QED) is 0.118. The van der Waals surface area contributed by atoms with Crippen molar-refractivity contribution in [2.75, 3.05) is 6.54 Å². The minimum atomic E-state index is -1.98. The van der Waals surface area contributed by atoms with Crippen LogP contribution in [0.25, 0.3) is 28.0 Å². The number of hydrogen-bond donors (Lipinski definition) is 1. The molecule has 0 saturated carbocycles. The highest BCUT2D eigenvalue weighted by atomic mass is 32.2. The highest BCUT2D eigenvalue weighted by Crippen LogP contribution is 2.38. The number of ether oxygens (including phenoxy) is 1. The van der Waals surface area contributed by atoms with Crippen LogP contribution in [-0.4, -0.2) is 60.5 Å². The van der Waals surface area contributed by atoms with E-state index in [1.165, 1.54) is 0 Å². The van der Waals surface area contributed by atoms with Gasteiger partial charge in [-0.1, -0.05) is 52.3 Å². The Kier molecular flexibility index (Phi) is 12.5. The Labute approximate surface area is 326 Å². The molecule has 0 spiro atoms. The number of allylic oxidation sites excluding steroid dienone is 1. The van der Waals surface area contributed by atoms with E-state index in [1.807, 2.05) is 95.0 Å². The van der Waals surface area contributed by atoms with Crippen LogP contribution in [0.2, 0.25) is 18.1 Å². The Morgan fingerprint density at radius 2 is 1.76 bits per heavy atom. The summed E-state index contributed by atoms with van der Waals surface area (Å²) in [5.41, 5.74) is 4.88. The number of nitrogens with zero attached hydrogens (tertiary/aromatic N) is 5. The lowest BCUT2D eigenvalue weighted by Gasteiger charge is -2.36. The van der Waals surface area contributed by atoms with Gasteiger partial charge in [0, 0.05) is 41.0 Å². The van der Waals surface area contributed by atoms with E-state index in [9.17, 15) is 9.35 Å². The molecule has 0 fully saturated rings. The molecule has 54 heavy (non-hydrogen) atoms. The van der Waals surface area contributed by atoms with E-state index in [2.05, 4.69) is 63.7 Å². The van der Waals surface area contributed by atoms with Gasteiger partial charge in [0.15, 0.2) is 14.1 Å². The number of rotatable bonds is 11. The highest BCUT2D eigenvalue weighted by molar-refractivity contribution is 7.90. The van der Waals surface area contributed by atoms with E-state index in [0.29, 0.717) is 25.4 Å². The molecule has 5 rings (SSSR count). The molecule has 12 heteroatoms. The Morgan fingerprint density at radius 3 is 2.39 bits per heavy atom. The third-order valence-corrected chi connectivity index (χ3v) is 16.2. The summed E-state index contributed by atoms with van der Waals surface area (Å²) in [5, 5.41) is 6.00. The molecule has 10 nitrogen and oxygen atoms in total. The predicted molar refractivity (Wildman–Crippen MR) is 222 cm³/mol. The molecule has 0 bridgehead atoms. The Bertz CT molecular complexity index is 1960. The van der Waals surface area contributed by atoms with Gasteiger partial charge in [-0.2, -0.15) is 5.10 Å². The second-order valence-corrected chi connectivity index (χ2v) is 24.6. The number of pyridine rings is 2. The first-order valence-electron chi connectivity index (χ1n) is 19.1. The molecule has 1 N–H and O–H groups in total. The summed E-state index contributed by atoms with van der Waals surface area (Å²) in [7, 11) is -1.98. The number of amides is 1. The van der Waals surface area contributed by atoms with Gasteiger partial charge in [-0.05, 0) is 114 Å². The van der Waals surface area contributed by atoms with Gasteiger partial charge in [0.25, 0.3) is 0 Å². The van der Waals surface area contributed by atoms with Crippen molar-refractivity contribution in [1.29, 1.82) is 0 Å². The van der Waals surface area contributed by atoms with Crippen LogP contribution in [0.1, 0.15) is 117 Å². The van der Waals surface area contributed by atoms with Gasteiger partial charge in [0.2, 0.25) is 0 Å². The fourth-order valence-corrected chi connectivity index (χ4v) is 7.78. The first kappa shape index (κ1) is 41.6. The molecular weight excluding hydrogens is 713 g/mol. The standard InChI is InChI=1S/C42H60N6O4SSi/c1-13-16-36(46-53(50)41(5,6)7)35-19-15-18-34(45-35)30-25-32(29-21-23-47(24-22-29)39(49)52-40(2,3)4)33-27-43-48(37(33)26-30)38-20-14-17-31(44-38)28-51-54(11,12)42(8,9)10/h14-15,17-21,23,25-27,29,36,46H,13,16,22,24,28H2,1-12H3/t29?,36-,53?/m0/s1. The van der Waals surface area contributed by atoms with Gasteiger partial charge in [-0.15, -0.1) is 4.72 Å². The maximum atomic E-state index is 13.2. The molecule has 3 aromatic heterocycles. The molecular formula is C42H60N6O4SSi.